The number of nitrogens with zero attached hydrogens (tertiary/aromatic N) is 1. The van der Waals surface area contributed by atoms with Crippen molar-refractivity contribution in [3.63, 3.8) is 0 Å². The maximum Gasteiger partial charge on any atom is 0.191 e. The van der Waals surface area contributed by atoms with E-state index in [0.29, 0.717) is 23.0 Å². The van der Waals surface area contributed by atoms with Crippen LogP contribution < -0.4 is 10.6 Å². The van der Waals surface area contributed by atoms with Gasteiger partial charge < -0.3 is 10.6 Å². The summed E-state index contributed by atoms with van der Waals surface area (Å²) in [6.45, 7) is 8.17. The Labute approximate surface area is 157 Å². The maximum absolute atomic E-state index is 13.6. The van der Waals surface area contributed by atoms with Crippen molar-refractivity contribution in [2.45, 2.75) is 52.3 Å². The van der Waals surface area contributed by atoms with Crippen molar-refractivity contribution < 1.29 is 12.8 Å². The van der Waals surface area contributed by atoms with Crippen molar-refractivity contribution in [2.24, 2.45) is 10.9 Å². The lowest BCUT2D eigenvalue weighted by atomic mass is 10.1. The van der Waals surface area contributed by atoms with E-state index in [1.54, 1.807) is 0 Å². The lowest BCUT2D eigenvalue weighted by Gasteiger charge is -2.13. The van der Waals surface area contributed by atoms with Crippen LogP contribution >= 0.6 is 0 Å². The molecule has 0 saturated heterocycles. The Balaban J connectivity index is 2.74. The molecule has 0 atom stereocenters. The van der Waals surface area contributed by atoms with Gasteiger partial charge in [0.15, 0.2) is 15.8 Å². The van der Waals surface area contributed by atoms with E-state index in [9.17, 15) is 12.8 Å². The average molecular weight is 386 g/mol. The highest BCUT2D eigenvalue weighted by Crippen LogP contribution is 2.15. The molecular formula is C19H32FN3O2S. The molecule has 0 fully saturated rings. The number of unbranched alkanes of at least 4 members (excludes halogenated alkanes) is 1. The van der Waals surface area contributed by atoms with Crippen LogP contribution in [0.2, 0.25) is 0 Å². The van der Waals surface area contributed by atoms with E-state index in [1.807, 2.05) is 6.92 Å². The van der Waals surface area contributed by atoms with Crippen LogP contribution in [0.4, 0.5) is 4.39 Å². The minimum absolute atomic E-state index is 0.114. The molecule has 0 radical (unpaired) electrons. The molecule has 26 heavy (non-hydrogen) atoms. The second kappa shape index (κ2) is 11.2. The molecule has 1 rings (SSSR count). The second-order valence-corrected chi connectivity index (χ2v) is 9.13. The van der Waals surface area contributed by atoms with Crippen molar-refractivity contribution in [3.8, 4) is 0 Å². The minimum Gasteiger partial charge on any atom is -0.357 e. The first-order chi connectivity index (χ1) is 12.2. The summed E-state index contributed by atoms with van der Waals surface area (Å²) >= 11 is 0. The van der Waals surface area contributed by atoms with Gasteiger partial charge in [0.05, 0.1) is 12.3 Å². The molecule has 0 aromatic heterocycles. The van der Waals surface area contributed by atoms with E-state index in [2.05, 4.69) is 29.5 Å². The summed E-state index contributed by atoms with van der Waals surface area (Å²) in [5.74, 6) is 0.862. The molecule has 0 saturated carbocycles. The second-order valence-electron chi connectivity index (χ2n) is 6.99. The van der Waals surface area contributed by atoms with Gasteiger partial charge in [-0.2, -0.15) is 0 Å². The quantitative estimate of drug-likeness (QED) is 0.368. The fourth-order valence-corrected chi connectivity index (χ4v) is 3.40. The average Bonchev–Trinajstić information content (AvgIpc) is 2.52. The molecule has 0 bridgehead atoms. The van der Waals surface area contributed by atoms with Gasteiger partial charge in [0, 0.05) is 19.3 Å². The molecule has 0 unspecified atom stereocenters. The molecule has 2 N–H and O–H groups in total. The summed E-state index contributed by atoms with van der Waals surface area (Å²) in [5, 5.41) is 6.44. The van der Waals surface area contributed by atoms with Crippen LogP contribution in [0.15, 0.2) is 23.2 Å². The predicted molar refractivity (Wildman–Crippen MR) is 106 cm³/mol. The number of benzene rings is 1. The first kappa shape index (κ1) is 22.4. The highest BCUT2D eigenvalue weighted by atomic mass is 32.2. The Morgan fingerprint density at radius 3 is 2.54 bits per heavy atom. The van der Waals surface area contributed by atoms with Gasteiger partial charge in [-0.05, 0) is 42.5 Å². The van der Waals surface area contributed by atoms with Gasteiger partial charge in [0.25, 0.3) is 0 Å². The number of nitrogens with one attached hydrogen (secondary N) is 2. The summed E-state index contributed by atoms with van der Waals surface area (Å²) in [7, 11) is -3.19. The van der Waals surface area contributed by atoms with Gasteiger partial charge in [0.1, 0.15) is 5.82 Å². The summed E-state index contributed by atoms with van der Waals surface area (Å²) in [4.78, 5) is 4.48. The number of hydrogen-bond acceptors (Lipinski definition) is 3. The standard InChI is InChI=1S/C19H32FN3O2S/c1-5-21-19(22-11-7-6-8-15(2)3)23-13-17-12-18(20)10-9-16(17)14-26(4,24)25/h9-10,12,15H,5-8,11,13-14H2,1-4H3,(H2,21,22,23). The molecule has 1 aromatic carbocycles. The van der Waals surface area contributed by atoms with Crippen LogP contribution in [-0.4, -0.2) is 33.7 Å². The molecule has 5 nitrogen and oxygen atoms in total. The molecule has 0 aliphatic rings. The zero-order valence-electron chi connectivity index (χ0n) is 16.3. The largest absolute Gasteiger partial charge is 0.357 e. The third kappa shape index (κ3) is 9.75. The lowest BCUT2D eigenvalue weighted by Crippen LogP contribution is -2.37. The van der Waals surface area contributed by atoms with E-state index >= 15 is 0 Å². The van der Waals surface area contributed by atoms with Gasteiger partial charge in [-0.3, -0.25) is 0 Å². The van der Waals surface area contributed by atoms with Crippen LogP contribution in [-0.2, 0) is 22.1 Å². The molecule has 148 valence electrons. The van der Waals surface area contributed by atoms with Gasteiger partial charge in [-0.25, -0.2) is 17.8 Å². The number of hydrogen-bond donors (Lipinski definition) is 2. The fraction of sp³-hybridized carbons (Fsp3) is 0.632. The highest BCUT2D eigenvalue weighted by Gasteiger charge is 2.10. The minimum atomic E-state index is -3.19. The predicted octanol–water partition coefficient (Wildman–Crippen LogP) is 3.25. The molecule has 0 aliphatic heterocycles. The number of sulfone groups is 1. The topological polar surface area (TPSA) is 70.6 Å². The Kier molecular flexibility index (Phi) is 9.62. The van der Waals surface area contributed by atoms with Crippen LogP contribution in [0.25, 0.3) is 0 Å². The Morgan fingerprint density at radius 1 is 1.19 bits per heavy atom. The fourth-order valence-electron chi connectivity index (χ4n) is 2.56. The maximum atomic E-state index is 13.6. The zero-order chi connectivity index (χ0) is 19.6. The molecule has 0 aliphatic carbocycles. The number of halogens is 1. The summed E-state index contributed by atoms with van der Waals surface area (Å²) < 4.78 is 36.7. The van der Waals surface area contributed by atoms with Gasteiger partial charge in [0.2, 0.25) is 0 Å². The third-order valence-electron chi connectivity index (χ3n) is 3.84. The van der Waals surface area contributed by atoms with Gasteiger partial charge in [-0.15, -0.1) is 0 Å². The van der Waals surface area contributed by atoms with Crippen molar-refractivity contribution in [3.05, 3.63) is 35.1 Å². The zero-order valence-corrected chi connectivity index (χ0v) is 17.1. The molecule has 0 spiro atoms. The van der Waals surface area contributed by atoms with Crippen LogP contribution in [0, 0.1) is 11.7 Å². The first-order valence-electron chi connectivity index (χ1n) is 9.18. The molecule has 0 amide bonds. The molecular weight excluding hydrogens is 353 g/mol. The van der Waals surface area contributed by atoms with Gasteiger partial charge >= 0.3 is 0 Å². The number of guanidine groups is 1. The number of aliphatic imine (C=N–C) groups is 1. The summed E-state index contributed by atoms with van der Waals surface area (Å²) in [6.07, 6.45) is 4.59. The number of rotatable bonds is 10. The van der Waals surface area contributed by atoms with Gasteiger partial charge in [-0.1, -0.05) is 32.8 Å². The van der Waals surface area contributed by atoms with E-state index < -0.39 is 9.84 Å². The molecule has 7 heteroatoms. The van der Waals surface area contributed by atoms with Crippen LogP contribution in [0.1, 0.15) is 51.2 Å². The molecule has 0 heterocycles. The molecule has 1 aromatic rings. The van der Waals surface area contributed by atoms with E-state index in [4.69, 9.17) is 0 Å². The Bertz CT molecular complexity index is 688. The third-order valence-corrected chi connectivity index (χ3v) is 4.67. The SMILES string of the molecule is CCNC(=NCc1cc(F)ccc1CS(C)(=O)=O)NCCCCC(C)C. The first-order valence-corrected chi connectivity index (χ1v) is 11.2. The smallest absolute Gasteiger partial charge is 0.191 e. The van der Waals surface area contributed by atoms with Crippen LogP contribution in [0.3, 0.4) is 0 Å². The van der Waals surface area contributed by atoms with Crippen molar-refractivity contribution in [2.75, 3.05) is 19.3 Å². The van der Waals surface area contributed by atoms with Crippen LogP contribution in [0.5, 0.6) is 0 Å². The van der Waals surface area contributed by atoms with E-state index in [-0.39, 0.29) is 18.1 Å². The van der Waals surface area contributed by atoms with E-state index in [0.717, 1.165) is 25.9 Å². The normalized spacial score (nSPS) is 12.5. The highest BCUT2D eigenvalue weighted by molar-refractivity contribution is 7.89. The Hall–Kier alpha value is -1.63. The van der Waals surface area contributed by atoms with Crippen molar-refractivity contribution in [1.29, 1.82) is 0 Å². The monoisotopic (exact) mass is 385 g/mol. The van der Waals surface area contributed by atoms with E-state index in [1.165, 1.54) is 30.9 Å². The summed E-state index contributed by atoms with van der Waals surface area (Å²) in [6, 6.07) is 4.16. The Morgan fingerprint density at radius 2 is 1.92 bits per heavy atom. The van der Waals surface area contributed by atoms with Crippen molar-refractivity contribution >= 4 is 15.8 Å². The van der Waals surface area contributed by atoms with Crippen molar-refractivity contribution in [1.82, 2.24) is 10.6 Å². The lowest BCUT2D eigenvalue weighted by molar-refractivity contribution is 0.534. The summed E-state index contributed by atoms with van der Waals surface area (Å²) in [5.41, 5.74) is 1.18.